The van der Waals surface area contributed by atoms with Gasteiger partial charge >= 0.3 is 6.03 Å². The van der Waals surface area contributed by atoms with Gasteiger partial charge in [-0.05, 0) is 85.9 Å². The lowest BCUT2D eigenvalue weighted by Gasteiger charge is -2.33. The molecule has 6 nitrogen and oxygen atoms in total. The first-order chi connectivity index (χ1) is 15.0. The van der Waals surface area contributed by atoms with Gasteiger partial charge in [-0.2, -0.15) is 11.3 Å². The minimum absolute atomic E-state index is 0.0704. The lowest BCUT2D eigenvalue weighted by atomic mass is 10.0. The Labute approximate surface area is 189 Å². The average molecular weight is 443 g/mol. The smallest absolute Gasteiger partial charge is 0.319 e. The Morgan fingerprint density at radius 3 is 2.52 bits per heavy atom. The number of carbonyl (C=O) groups excluding carboxylic acids is 2. The fourth-order valence-corrected chi connectivity index (χ4v) is 4.92. The van der Waals surface area contributed by atoms with E-state index in [1.807, 2.05) is 4.90 Å². The third-order valence-electron chi connectivity index (χ3n) is 6.09. The minimum Gasteiger partial charge on any atom is -0.336 e. The Morgan fingerprint density at radius 1 is 1.16 bits per heavy atom. The number of hydrogen-bond acceptors (Lipinski definition) is 4. The number of anilines is 1. The monoisotopic (exact) mass is 442 g/mol. The molecule has 0 aliphatic carbocycles. The first kappa shape index (κ1) is 23.3. The van der Waals surface area contributed by atoms with Gasteiger partial charge in [0.1, 0.15) is 0 Å². The molecule has 0 bridgehead atoms. The number of urea groups is 1. The summed E-state index contributed by atoms with van der Waals surface area (Å²) in [6.45, 7) is 9.58. The van der Waals surface area contributed by atoms with Gasteiger partial charge in [-0.15, -0.1) is 0 Å². The van der Waals surface area contributed by atoms with Crippen molar-refractivity contribution in [1.82, 2.24) is 15.1 Å². The zero-order valence-electron chi connectivity index (χ0n) is 18.8. The molecule has 0 radical (unpaired) electrons. The molecule has 2 atom stereocenters. The summed E-state index contributed by atoms with van der Waals surface area (Å²) in [5.41, 5.74) is 2.57. The molecule has 0 saturated carbocycles. The number of hydrogen-bond donors (Lipinski definition) is 2. The van der Waals surface area contributed by atoms with Crippen molar-refractivity contribution in [3.63, 3.8) is 0 Å². The molecule has 168 valence electrons. The van der Waals surface area contributed by atoms with Gasteiger partial charge in [0.15, 0.2) is 0 Å². The first-order valence-electron chi connectivity index (χ1n) is 11.3. The second-order valence-electron chi connectivity index (χ2n) is 8.05. The highest BCUT2D eigenvalue weighted by molar-refractivity contribution is 7.08. The van der Waals surface area contributed by atoms with Crippen LogP contribution in [0.15, 0.2) is 41.1 Å². The highest BCUT2D eigenvalue weighted by Gasteiger charge is 2.24. The number of amides is 3. The van der Waals surface area contributed by atoms with Crippen molar-refractivity contribution in [1.29, 1.82) is 0 Å². The van der Waals surface area contributed by atoms with Crippen LogP contribution in [0.2, 0.25) is 0 Å². The normalized spacial score (nSPS) is 17.4. The van der Waals surface area contributed by atoms with E-state index in [9.17, 15) is 9.59 Å². The molecule has 1 aliphatic rings. The molecule has 31 heavy (non-hydrogen) atoms. The SMILES string of the molecule is CCN(CC)[C@@H](CNC(=O)Nc1ccc(C(=O)N2CCCC[C@@H]2C)cc1)c1ccsc1. The molecule has 0 unspecified atom stereocenters. The van der Waals surface area contributed by atoms with Gasteiger partial charge in [0.2, 0.25) is 0 Å². The molecule has 2 heterocycles. The lowest BCUT2D eigenvalue weighted by Crippen LogP contribution is -2.42. The number of nitrogens with one attached hydrogen (secondary N) is 2. The molecule has 0 spiro atoms. The predicted octanol–water partition coefficient (Wildman–Crippen LogP) is 4.97. The molecule has 2 aromatic rings. The van der Waals surface area contributed by atoms with E-state index in [1.165, 1.54) is 12.0 Å². The second kappa shape index (κ2) is 11.3. The third kappa shape index (κ3) is 6.08. The molecule has 1 aliphatic heterocycles. The summed E-state index contributed by atoms with van der Waals surface area (Å²) in [7, 11) is 0. The van der Waals surface area contributed by atoms with Crippen LogP contribution < -0.4 is 10.6 Å². The number of likely N-dealkylation sites (tertiary alicyclic amines) is 1. The van der Waals surface area contributed by atoms with Crippen LogP contribution in [0.5, 0.6) is 0 Å². The number of carbonyl (C=O) groups is 2. The van der Waals surface area contributed by atoms with E-state index in [1.54, 1.807) is 35.6 Å². The van der Waals surface area contributed by atoms with Crippen LogP contribution in [0.4, 0.5) is 10.5 Å². The average Bonchev–Trinajstić information content (AvgIpc) is 3.31. The van der Waals surface area contributed by atoms with Crippen LogP contribution in [-0.4, -0.2) is 54.0 Å². The third-order valence-corrected chi connectivity index (χ3v) is 6.79. The van der Waals surface area contributed by atoms with E-state index < -0.39 is 0 Å². The Balaban J connectivity index is 1.56. The van der Waals surface area contributed by atoms with Gasteiger partial charge in [0, 0.05) is 30.4 Å². The zero-order valence-corrected chi connectivity index (χ0v) is 19.6. The highest BCUT2D eigenvalue weighted by atomic mass is 32.1. The Hall–Kier alpha value is -2.38. The summed E-state index contributed by atoms with van der Waals surface area (Å²) in [5, 5.41) is 10.1. The Kier molecular flexibility index (Phi) is 8.49. The molecule has 7 heteroatoms. The van der Waals surface area contributed by atoms with Crippen molar-refractivity contribution in [3.8, 4) is 0 Å². The van der Waals surface area contributed by atoms with Crippen LogP contribution in [0, 0.1) is 0 Å². The van der Waals surface area contributed by atoms with E-state index >= 15 is 0 Å². The van der Waals surface area contributed by atoms with Crippen molar-refractivity contribution in [2.75, 3.05) is 31.5 Å². The quantitative estimate of drug-likeness (QED) is 0.607. The van der Waals surface area contributed by atoms with E-state index in [0.717, 1.165) is 32.5 Å². The summed E-state index contributed by atoms with van der Waals surface area (Å²) in [6, 6.07) is 9.49. The van der Waals surface area contributed by atoms with Crippen LogP contribution in [0.3, 0.4) is 0 Å². The molecule has 1 aromatic carbocycles. The van der Waals surface area contributed by atoms with Crippen LogP contribution >= 0.6 is 11.3 Å². The van der Waals surface area contributed by atoms with Crippen LogP contribution in [-0.2, 0) is 0 Å². The van der Waals surface area contributed by atoms with E-state index in [2.05, 4.69) is 53.1 Å². The fraction of sp³-hybridized carbons (Fsp3) is 0.500. The Morgan fingerprint density at radius 2 is 1.90 bits per heavy atom. The topological polar surface area (TPSA) is 64.7 Å². The molecule has 2 N–H and O–H groups in total. The largest absolute Gasteiger partial charge is 0.336 e. The number of rotatable bonds is 8. The summed E-state index contributed by atoms with van der Waals surface area (Å²) >= 11 is 1.67. The minimum atomic E-state index is -0.240. The van der Waals surface area contributed by atoms with Crippen molar-refractivity contribution >= 4 is 29.0 Å². The van der Waals surface area contributed by atoms with Gasteiger partial charge in [0.05, 0.1) is 6.04 Å². The maximum absolute atomic E-state index is 12.8. The number of nitrogens with zero attached hydrogens (tertiary/aromatic N) is 2. The van der Waals surface area contributed by atoms with Gasteiger partial charge in [-0.1, -0.05) is 13.8 Å². The van der Waals surface area contributed by atoms with E-state index in [4.69, 9.17) is 0 Å². The maximum Gasteiger partial charge on any atom is 0.319 e. The molecular weight excluding hydrogens is 408 g/mol. The maximum atomic E-state index is 12.8. The van der Waals surface area contributed by atoms with Crippen LogP contribution in [0.25, 0.3) is 0 Å². The summed E-state index contributed by atoms with van der Waals surface area (Å²) < 4.78 is 0. The van der Waals surface area contributed by atoms with Crippen molar-refractivity contribution < 1.29 is 9.59 Å². The second-order valence-corrected chi connectivity index (χ2v) is 8.83. The Bertz CT molecular complexity index is 834. The molecule has 3 rings (SSSR count). The van der Waals surface area contributed by atoms with Crippen LogP contribution in [0.1, 0.15) is 62.0 Å². The van der Waals surface area contributed by atoms with Gasteiger partial charge in [-0.3, -0.25) is 9.69 Å². The summed E-state index contributed by atoms with van der Waals surface area (Å²) in [5.74, 6) is 0.0704. The van der Waals surface area contributed by atoms with Crippen molar-refractivity contribution in [2.45, 2.75) is 52.1 Å². The lowest BCUT2D eigenvalue weighted by molar-refractivity contribution is 0.0635. The van der Waals surface area contributed by atoms with Gasteiger partial charge in [-0.25, -0.2) is 4.79 Å². The van der Waals surface area contributed by atoms with Gasteiger partial charge in [0.25, 0.3) is 5.91 Å². The molecule has 1 fully saturated rings. The van der Waals surface area contributed by atoms with Crippen molar-refractivity contribution in [2.24, 2.45) is 0 Å². The number of likely N-dealkylation sites (N-methyl/N-ethyl adjacent to an activating group) is 1. The standard InChI is InChI=1S/C24H34N4O2S/c1-4-27(5-2)22(20-13-15-31-17-20)16-25-24(30)26-21-11-9-19(10-12-21)23(29)28-14-7-6-8-18(28)3/h9-13,15,17-18,22H,4-8,14,16H2,1-3H3,(H2,25,26,30)/t18-,22-/m0/s1. The first-order valence-corrected chi connectivity index (χ1v) is 12.2. The predicted molar refractivity (Wildman–Crippen MR) is 128 cm³/mol. The number of thiophene rings is 1. The molecule has 3 amide bonds. The van der Waals surface area contributed by atoms with Crippen molar-refractivity contribution in [3.05, 3.63) is 52.2 Å². The summed E-state index contributed by atoms with van der Waals surface area (Å²) in [4.78, 5) is 29.6. The highest BCUT2D eigenvalue weighted by Crippen LogP contribution is 2.23. The molecular formula is C24H34N4O2S. The zero-order chi connectivity index (χ0) is 22.2. The molecule has 1 aromatic heterocycles. The fourth-order valence-electron chi connectivity index (χ4n) is 4.21. The van der Waals surface area contributed by atoms with E-state index in [0.29, 0.717) is 17.8 Å². The molecule has 1 saturated heterocycles. The number of piperidine rings is 1. The van der Waals surface area contributed by atoms with Gasteiger partial charge < -0.3 is 15.5 Å². The summed E-state index contributed by atoms with van der Waals surface area (Å²) in [6.07, 6.45) is 3.31. The number of benzene rings is 1. The van der Waals surface area contributed by atoms with E-state index in [-0.39, 0.29) is 24.0 Å².